The molecular formula is C19H31N3O2. The molecule has 24 heavy (non-hydrogen) atoms. The van der Waals surface area contributed by atoms with E-state index in [1.807, 2.05) is 13.0 Å². The predicted molar refractivity (Wildman–Crippen MR) is 98.8 cm³/mol. The van der Waals surface area contributed by atoms with Crippen molar-refractivity contribution < 1.29 is 9.84 Å². The summed E-state index contributed by atoms with van der Waals surface area (Å²) >= 11 is 0. The minimum absolute atomic E-state index is 0.468. The van der Waals surface area contributed by atoms with Crippen LogP contribution < -0.4 is 15.4 Å². The number of benzene rings is 1. The zero-order valence-electron chi connectivity index (χ0n) is 15.2. The van der Waals surface area contributed by atoms with E-state index < -0.39 is 5.60 Å². The molecule has 1 aliphatic rings. The molecule has 0 radical (unpaired) electrons. The number of aryl methyl sites for hydroxylation is 1. The summed E-state index contributed by atoms with van der Waals surface area (Å²) in [4.78, 5) is 4.57. The van der Waals surface area contributed by atoms with Gasteiger partial charge in [-0.3, -0.25) is 4.99 Å². The lowest BCUT2D eigenvalue weighted by Gasteiger charge is -2.20. The Balaban J connectivity index is 1.90. The van der Waals surface area contributed by atoms with Gasteiger partial charge in [-0.15, -0.1) is 0 Å². The number of nitrogens with one attached hydrogen (secondary N) is 2. The number of aliphatic imine (C=N–C) groups is 1. The summed E-state index contributed by atoms with van der Waals surface area (Å²) in [5.41, 5.74) is 1.81. The van der Waals surface area contributed by atoms with Crippen LogP contribution in [0.25, 0.3) is 0 Å². The molecule has 0 amide bonds. The maximum Gasteiger partial charge on any atom is 0.191 e. The third-order valence-electron chi connectivity index (χ3n) is 4.53. The van der Waals surface area contributed by atoms with E-state index in [4.69, 9.17) is 4.74 Å². The lowest BCUT2D eigenvalue weighted by molar-refractivity contribution is 0.0574. The third kappa shape index (κ3) is 5.41. The number of rotatable bonds is 7. The number of methoxy groups -OCH3 is 1. The molecule has 0 saturated heterocycles. The molecular weight excluding hydrogens is 302 g/mol. The van der Waals surface area contributed by atoms with Crippen LogP contribution in [0.2, 0.25) is 0 Å². The number of guanidine groups is 1. The summed E-state index contributed by atoms with van der Waals surface area (Å²) in [6, 6.07) is 6.23. The lowest BCUT2D eigenvalue weighted by atomic mass is 10.0. The van der Waals surface area contributed by atoms with Gasteiger partial charge in [-0.05, 0) is 44.7 Å². The molecule has 0 atom stereocenters. The zero-order chi connectivity index (χ0) is 17.4. The molecule has 1 aliphatic carbocycles. The monoisotopic (exact) mass is 333 g/mol. The summed E-state index contributed by atoms with van der Waals surface area (Å²) in [6.07, 6.45) is 4.78. The minimum Gasteiger partial charge on any atom is -0.496 e. The first-order valence-electron chi connectivity index (χ1n) is 8.94. The molecule has 0 aliphatic heterocycles. The Hall–Kier alpha value is -1.75. The standard InChI is InChI=1S/C19H31N3O2/c1-4-20-18(22-14-19(23)10-5-6-11-19)21-12-9-16-13-15(2)7-8-17(16)24-3/h7-8,13,23H,4-6,9-12,14H2,1-3H3,(H2,20,21,22). The summed E-state index contributed by atoms with van der Waals surface area (Å²) in [5.74, 6) is 1.69. The molecule has 0 heterocycles. The van der Waals surface area contributed by atoms with Gasteiger partial charge < -0.3 is 20.5 Å². The highest BCUT2D eigenvalue weighted by Crippen LogP contribution is 2.29. The summed E-state index contributed by atoms with van der Waals surface area (Å²) in [7, 11) is 1.70. The van der Waals surface area contributed by atoms with Gasteiger partial charge in [-0.2, -0.15) is 0 Å². The molecule has 1 fully saturated rings. The van der Waals surface area contributed by atoms with Gasteiger partial charge in [0.05, 0.1) is 19.3 Å². The van der Waals surface area contributed by atoms with Crippen molar-refractivity contribution >= 4 is 5.96 Å². The Kier molecular flexibility index (Phi) is 6.91. The molecule has 0 bridgehead atoms. The van der Waals surface area contributed by atoms with Crippen LogP contribution in [0.4, 0.5) is 0 Å². The average Bonchev–Trinajstić information content (AvgIpc) is 3.00. The number of hydrogen-bond acceptors (Lipinski definition) is 3. The average molecular weight is 333 g/mol. The van der Waals surface area contributed by atoms with Crippen molar-refractivity contribution in [3.63, 3.8) is 0 Å². The van der Waals surface area contributed by atoms with Gasteiger partial charge in [-0.1, -0.05) is 30.5 Å². The Morgan fingerprint density at radius 2 is 2.04 bits per heavy atom. The van der Waals surface area contributed by atoms with E-state index in [9.17, 15) is 5.11 Å². The second kappa shape index (κ2) is 8.92. The Morgan fingerprint density at radius 3 is 2.71 bits per heavy atom. The molecule has 1 saturated carbocycles. The van der Waals surface area contributed by atoms with E-state index in [1.165, 1.54) is 11.1 Å². The van der Waals surface area contributed by atoms with Crippen LogP contribution in [0.3, 0.4) is 0 Å². The van der Waals surface area contributed by atoms with Crippen molar-refractivity contribution in [3.8, 4) is 5.75 Å². The highest BCUT2D eigenvalue weighted by Gasteiger charge is 2.30. The highest BCUT2D eigenvalue weighted by atomic mass is 16.5. The second-order valence-corrected chi connectivity index (χ2v) is 6.62. The van der Waals surface area contributed by atoms with Crippen molar-refractivity contribution in [1.29, 1.82) is 0 Å². The van der Waals surface area contributed by atoms with E-state index in [-0.39, 0.29) is 0 Å². The van der Waals surface area contributed by atoms with Crippen LogP contribution in [0, 0.1) is 6.92 Å². The van der Waals surface area contributed by atoms with Gasteiger partial charge >= 0.3 is 0 Å². The highest BCUT2D eigenvalue weighted by molar-refractivity contribution is 5.79. The molecule has 1 aromatic rings. The first-order valence-corrected chi connectivity index (χ1v) is 8.94. The molecule has 0 spiro atoms. The van der Waals surface area contributed by atoms with E-state index >= 15 is 0 Å². The van der Waals surface area contributed by atoms with Crippen LogP contribution in [-0.4, -0.2) is 43.4 Å². The molecule has 3 N–H and O–H groups in total. The molecule has 5 heteroatoms. The predicted octanol–water partition coefficient (Wildman–Crippen LogP) is 2.41. The number of hydrogen-bond donors (Lipinski definition) is 3. The van der Waals surface area contributed by atoms with Gasteiger partial charge in [-0.25, -0.2) is 0 Å². The Labute approximate surface area is 145 Å². The van der Waals surface area contributed by atoms with Crippen LogP contribution in [0.15, 0.2) is 23.2 Å². The lowest BCUT2D eigenvalue weighted by Crippen LogP contribution is -2.40. The SMILES string of the molecule is CCNC(=NCC1(O)CCCC1)NCCc1cc(C)ccc1OC. The molecule has 5 nitrogen and oxygen atoms in total. The van der Waals surface area contributed by atoms with Gasteiger partial charge in [0.1, 0.15) is 5.75 Å². The fourth-order valence-corrected chi connectivity index (χ4v) is 3.18. The fraction of sp³-hybridized carbons (Fsp3) is 0.632. The Bertz CT molecular complexity index is 552. The van der Waals surface area contributed by atoms with Crippen LogP contribution in [0.1, 0.15) is 43.7 Å². The van der Waals surface area contributed by atoms with Crippen LogP contribution >= 0.6 is 0 Å². The smallest absolute Gasteiger partial charge is 0.191 e. The normalized spacial score (nSPS) is 16.9. The molecule has 0 aromatic heterocycles. The third-order valence-corrected chi connectivity index (χ3v) is 4.53. The maximum absolute atomic E-state index is 10.4. The van der Waals surface area contributed by atoms with Crippen molar-refractivity contribution in [1.82, 2.24) is 10.6 Å². The topological polar surface area (TPSA) is 65.9 Å². The van der Waals surface area contributed by atoms with Crippen molar-refractivity contribution in [3.05, 3.63) is 29.3 Å². The van der Waals surface area contributed by atoms with E-state index in [1.54, 1.807) is 7.11 Å². The first-order chi connectivity index (χ1) is 11.6. The van der Waals surface area contributed by atoms with E-state index in [0.717, 1.165) is 56.9 Å². The number of nitrogens with zero attached hydrogens (tertiary/aromatic N) is 1. The van der Waals surface area contributed by atoms with Gasteiger partial charge in [0, 0.05) is 13.1 Å². The molecule has 1 aromatic carbocycles. The Morgan fingerprint density at radius 1 is 1.29 bits per heavy atom. The van der Waals surface area contributed by atoms with Crippen LogP contribution in [-0.2, 0) is 6.42 Å². The summed E-state index contributed by atoms with van der Waals surface area (Å²) in [6.45, 7) is 6.17. The fourth-order valence-electron chi connectivity index (χ4n) is 3.18. The van der Waals surface area contributed by atoms with Crippen molar-refractivity contribution in [2.75, 3.05) is 26.7 Å². The van der Waals surface area contributed by atoms with Gasteiger partial charge in [0.2, 0.25) is 0 Å². The zero-order valence-corrected chi connectivity index (χ0v) is 15.2. The quantitative estimate of drug-likeness (QED) is 0.529. The van der Waals surface area contributed by atoms with Gasteiger partial charge in [0.15, 0.2) is 5.96 Å². The number of aliphatic hydroxyl groups is 1. The minimum atomic E-state index is -0.609. The van der Waals surface area contributed by atoms with Crippen LogP contribution in [0.5, 0.6) is 5.75 Å². The molecule has 0 unspecified atom stereocenters. The van der Waals surface area contributed by atoms with Crippen molar-refractivity contribution in [2.45, 2.75) is 51.6 Å². The van der Waals surface area contributed by atoms with E-state index in [2.05, 4.69) is 34.7 Å². The number of ether oxygens (including phenoxy) is 1. The molecule has 2 rings (SSSR count). The van der Waals surface area contributed by atoms with Crippen molar-refractivity contribution in [2.24, 2.45) is 4.99 Å². The summed E-state index contributed by atoms with van der Waals surface area (Å²) < 4.78 is 5.43. The first kappa shape index (κ1) is 18.6. The van der Waals surface area contributed by atoms with E-state index in [0.29, 0.717) is 6.54 Å². The molecule has 134 valence electrons. The second-order valence-electron chi connectivity index (χ2n) is 6.62. The maximum atomic E-state index is 10.4. The largest absolute Gasteiger partial charge is 0.496 e. The summed E-state index contributed by atoms with van der Waals surface area (Å²) in [5, 5.41) is 17.0. The van der Waals surface area contributed by atoms with Gasteiger partial charge in [0.25, 0.3) is 0 Å².